The molecule has 0 radical (unpaired) electrons. The number of imidazole rings is 1. The van der Waals surface area contributed by atoms with Gasteiger partial charge < -0.3 is 9.30 Å². The minimum Gasteiger partial charge on any atom is -0.379 e. The molecule has 6 heteroatoms. The number of nitrogens with zero attached hydrogens (tertiary/aromatic N) is 4. The zero-order valence-electron chi connectivity index (χ0n) is 14.5. The molecule has 0 bridgehead atoms. The van der Waals surface area contributed by atoms with E-state index in [1.54, 1.807) is 12.1 Å². The third kappa shape index (κ3) is 4.26. The molecule has 2 aliphatic rings. The second kappa shape index (κ2) is 7.64. The Bertz CT molecular complexity index is 698. The topological polar surface area (TPSA) is 33.5 Å². The molecule has 0 unspecified atom stereocenters. The molecule has 1 atom stereocenters. The Hall–Kier alpha value is -1.76. The van der Waals surface area contributed by atoms with Crippen molar-refractivity contribution < 1.29 is 9.13 Å². The lowest BCUT2D eigenvalue weighted by Gasteiger charge is -2.31. The smallest absolute Gasteiger partial charge is 0.123 e. The van der Waals surface area contributed by atoms with Crippen molar-refractivity contribution >= 4 is 0 Å². The van der Waals surface area contributed by atoms with Crippen molar-refractivity contribution in [2.24, 2.45) is 5.92 Å². The average Bonchev–Trinajstić information content (AvgIpc) is 2.96. The predicted octanol–water partition coefficient (Wildman–Crippen LogP) is 1.99. The van der Waals surface area contributed by atoms with Gasteiger partial charge in [-0.2, -0.15) is 0 Å². The molecule has 134 valence electrons. The summed E-state index contributed by atoms with van der Waals surface area (Å²) in [5.74, 6) is 1.46. The van der Waals surface area contributed by atoms with Crippen LogP contribution in [0.3, 0.4) is 0 Å². The van der Waals surface area contributed by atoms with Gasteiger partial charge in [-0.25, -0.2) is 9.37 Å². The Labute approximate surface area is 148 Å². The van der Waals surface area contributed by atoms with Crippen molar-refractivity contribution in [2.75, 3.05) is 39.4 Å². The molecule has 0 spiro atoms. The lowest BCUT2D eigenvalue weighted by molar-refractivity contribution is 0.0265. The summed E-state index contributed by atoms with van der Waals surface area (Å²) in [6, 6.07) is 6.92. The zero-order valence-corrected chi connectivity index (χ0v) is 14.5. The molecular weight excluding hydrogens is 319 g/mol. The van der Waals surface area contributed by atoms with Crippen LogP contribution in [0.15, 0.2) is 36.7 Å². The first kappa shape index (κ1) is 16.7. The Kier molecular flexibility index (Phi) is 5.10. The number of benzene rings is 1. The van der Waals surface area contributed by atoms with Gasteiger partial charge in [0.05, 0.1) is 19.8 Å². The van der Waals surface area contributed by atoms with Crippen LogP contribution in [0.5, 0.6) is 0 Å². The lowest BCUT2D eigenvalue weighted by atomic mass is 10.1. The van der Waals surface area contributed by atoms with Gasteiger partial charge in [-0.1, -0.05) is 12.1 Å². The third-order valence-electron chi connectivity index (χ3n) is 5.05. The van der Waals surface area contributed by atoms with Crippen molar-refractivity contribution in [1.82, 2.24) is 19.4 Å². The number of aromatic nitrogens is 2. The van der Waals surface area contributed by atoms with Crippen molar-refractivity contribution in [3.05, 3.63) is 53.9 Å². The predicted molar refractivity (Wildman–Crippen MR) is 93.5 cm³/mol. The molecule has 1 aromatic carbocycles. The standard InChI is InChI=1S/C19H25FN4O/c20-18-3-1-2-16(10-18)11-23-13-17(12-22-6-8-25-9-7-22)14-24-5-4-21-19(24)15-23/h1-5,10,17H,6-9,11-15H2/t17-/m0/s1. The first-order chi connectivity index (χ1) is 12.3. The van der Waals surface area contributed by atoms with Crippen LogP contribution in [0.4, 0.5) is 4.39 Å². The number of halogens is 1. The third-order valence-corrected chi connectivity index (χ3v) is 5.05. The van der Waals surface area contributed by atoms with E-state index in [1.165, 1.54) is 6.07 Å². The van der Waals surface area contributed by atoms with Gasteiger partial charge >= 0.3 is 0 Å². The highest BCUT2D eigenvalue weighted by molar-refractivity contribution is 5.16. The van der Waals surface area contributed by atoms with Gasteiger partial charge in [-0.3, -0.25) is 9.80 Å². The van der Waals surface area contributed by atoms with Crippen LogP contribution in [0, 0.1) is 11.7 Å². The number of rotatable bonds is 4. The maximum absolute atomic E-state index is 13.5. The number of hydrogen-bond acceptors (Lipinski definition) is 4. The fourth-order valence-corrected chi connectivity index (χ4v) is 3.90. The first-order valence-electron chi connectivity index (χ1n) is 9.03. The Morgan fingerprint density at radius 2 is 2.04 bits per heavy atom. The summed E-state index contributed by atoms with van der Waals surface area (Å²) >= 11 is 0. The van der Waals surface area contributed by atoms with E-state index in [0.29, 0.717) is 5.92 Å². The molecular formula is C19H25FN4O. The number of fused-ring (bicyclic) bond motifs is 1. The largest absolute Gasteiger partial charge is 0.379 e. The fourth-order valence-electron chi connectivity index (χ4n) is 3.90. The van der Waals surface area contributed by atoms with E-state index in [0.717, 1.165) is 70.4 Å². The summed E-state index contributed by atoms with van der Waals surface area (Å²) < 4.78 is 21.3. The van der Waals surface area contributed by atoms with Crippen LogP contribution in [0.25, 0.3) is 0 Å². The summed E-state index contributed by atoms with van der Waals surface area (Å²) in [6.45, 7) is 8.30. The van der Waals surface area contributed by atoms with Crippen molar-refractivity contribution in [1.29, 1.82) is 0 Å². The van der Waals surface area contributed by atoms with Gasteiger partial charge in [0.25, 0.3) is 0 Å². The van der Waals surface area contributed by atoms with Crippen molar-refractivity contribution in [3.63, 3.8) is 0 Å². The minimum atomic E-state index is -0.168. The van der Waals surface area contributed by atoms with Crippen molar-refractivity contribution in [2.45, 2.75) is 19.6 Å². The zero-order chi connectivity index (χ0) is 17.1. The van der Waals surface area contributed by atoms with Gasteiger partial charge in [0.1, 0.15) is 11.6 Å². The number of morpholine rings is 1. The van der Waals surface area contributed by atoms with E-state index in [1.807, 2.05) is 12.3 Å². The second-order valence-corrected chi connectivity index (χ2v) is 7.07. The molecule has 0 amide bonds. The number of hydrogen-bond donors (Lipinski definition) is 0. The SMILES string of the molecule is Fc1cccc(CN2Cc3nccn3C[C@@H](CN3CCOCC3)C2)c1. The van der Waals surface area contributed by atoms with Crippen LogP contribution in [-0.4, -0.2) is 58.7 Å². The van der Waals surface area contributed by atoms with Gasteiger partial charge in [0, 0.05) is 57.6 Å². The Balaban J connectivity index is 1.48. The van der Waals surface area contributed by atoms with Crippen LogP contribution in [0.1, 0.15) is 11.4 Å². The molecule has 4 rings (SSSR count). The maximum Gasteiger partial charge on any atom is 0.123 e. The van der Waals surface area contributed by atoms with Crippen LogP contribution >= 0.6 is 0 Å². The summed E-state index contributed by atoms with van der Waals surface area (Å²) in [5.41, 5.74) is 1.02. The monoisotopic (exact) mass is 344 g/mol. The summed E-state index contributed by atoms with van der Waals surface area (Å²) in [6.07, 6.45) is 3.96. The average molecular weight is 344 g/mol. The summed E-state index contributed by atoms with van der Waals surface area (Å²) in [5, 5.41) is 0. The maximum atomic E-state index is 13.5. The molecule has 25 heavy (non-hydrogen) atoms. The van der Waals surface area contributed by atoms with E-state index in [9.17, 15) is 4.39 Å². The lowest BCUT2D eigenvalue weighted by Crippen LogP contribution is -2.42. The summed E-state index contributed by atoms with van der Waals surface area (Å²) in [4.78, 5) is 9.41. The van der Waals surface area contributed by atoms with E-state index >= 15 is 0 Å². The van der Waals surface area contributed by atoms with E-state index in [4.69, 9.17) is 4.74 Å². The molecule has 0 saturated carbocycles. The van der Waals surface area contributed by atoms with Gasteiger partial charge in [0.2, 0.25) is 0 Å². The molecule has 2 aromatic rings. The van der Waals surface area contributed by atoms with Gasteiger partial charge in [-0.05, 0) is 17.7 Å². The van der Waals surface area contributed by atoms with Crippen molar-refractivity contribution in [3.8, 4) is 0 Å². The highest BCUT2D eigenvalue weighted by atomic mass is 19.1. The molecule has 0 N–H and O–H groups in total. The fraction of sp³-hybridized carbons (Fsp3) is 0.526. The Morgan fingerprint density at radius 3 is 2.88 bits per heavy atom. The van der Waals surface area contributed by atoms with Crippen LogP contribution < -0.4 is 0 Å². The molecule has 3 heterocycles. The van der Waals surface area contributed by atoms with Gasteiger partial charge in [-0.15, -0.1) is 0 Å². The van der Waals surface area contributed by atoms with Gasteiger partial charge in [0.15, 0.2) is 0 Å². The number of ether oxygens (including phenoxy) is 1. The van der Waals surface area contributed by atoms with Crippen LogP contribution in [-0.2, 0) is 24.4 Å². The normalized spacial score (nSPS) is 22.5. The molecule has 1 aromatic heterocycles. The second-order valence-electron chi connectivity index (χ2n) is 7.07. The first-order valence-corrected chi connectivity index (χ1v) is 9.03. The molecule has 2 aliphatic heterocycles. The Morgan fingerprint density at radius 1 is 1.16 bits per heavy atom. The molecule has 5 nitrogen and oxygen atoms in total. The highest BCUT2D eigenvalue weighted by Gasteiger charge is 2.25. The molecule has 1 saturated heterocycles. The van der Waals surface area contributed by atoms with E-state index in [2.05, 4.69) is 25.5 Å². The summed E-state index contributed by atoms with van der Waals surface area (Å²) in [7, 11) is 0. The minimum absolute atomic E-state index is 0.168. The quantitative estimate of drug-likeness (QED) is 0.849. The van der Waals surface area contributed by atoms with E-state index in [-0.39, 0.29) is 5.82 Å². The van der Waals surface area contributed by atoms with E-state index < -0.39 is 0 Å². The van der Waals surface area contributed by atoms with Crippen LogP contribution in [0.2, 0.25) is 0 Å². The highest BCUT2D eigenvalue weighted by Crippen LogP contribution is 2.19. The molecule has 1 fully saturated rings. The molecule has 0 aliphatic carbocycles.